The second-order valence-electron chi connectivity index (χ2n) is 4.03. The molecule has 0 radical (unpaired) electrons. The summed E-state index contributed by atoms with van der Waals surface area (Å²) in [5, 5.41) is 7.12. The molecule has 1 N–H and O–H groups in total. The van der Waals surface area contributed by atoms with Gasteiger partial charge in [0.05, 0.1) is 6.42 Å². The highest BCUT2D eigenvalue weighted by Gasteiger charge is 2.38. The van der Waals surface area contributed by atoms with Gasteiger partial charge in [-0.15, -0.1) is 0 Å². The van der Waals surface area contributed by atoms with E-state index < -0.39 is 12.1 Å². The topological polar surface area (TPSA) is 71.4 Å². The maximum atomic E-state index is 11.0. The molecule has 0 heterocycles. The van der Waals surface area contributed by atoms with Gasteiger partial charge in [-0.25, -0.2) is 4.79 Å². The van der Waals surface area contributed by atoms with Gasteiger partial charge in [-0.2, -0.15) is 13.2 Å². The number of hydrogen-bond acceptors (Lipinski definition) is 3. The molecule has 0 fully saturated rings. The third-order valence-electron chi connectivity index (χ3n) is 2.00. The van der Waals surface area contributed by atoms with E-state index in [0.717, 1.165) is 12.8 Å². The van der Waals surface area contributed by atoms with Crippen LogP contribution in [0.5, 0.6) is 0 Å². The molecule has 112 valence electrons. The van der Waals surface area contributed by atoms with Gasteiger partial charge in [0.2, 0.25) is 0 Å². The van der Waals surface area contributed by atoms with E-state index in [4.69, 9.17) is 9.90 Å². The van der Waals surface area contributed by atoms with Crippen LogP contribution in [0.4, 0.5) is 13.2 Å². The number of Topliss-reactive ketones (excluding diaryl/α,β-unsaturated/α-hetero) is 2. The van der Waals surface area contributed by atoms with E-state index in [1.54, 1.807) is 0 Å². The molecular weight excluding hydrogens is 265 g/mol. The molecule has 0 spiro atoms. The summed E-state index contributed by atoms with van der Waals surface area (Å²) in [6.45, 7) is 3.60. The van der Waals surface area contributed by atoms with Crippen LogP contribution >= 0.6 is 0 Å². The molecule has 0 aliphatic heterocycles. The lowest BCUT2D eigenvalue weighted by atomic mass is 10.1. The number of halogens is 3. The van der Waals surface area contributed by atoms with Crippen molar-refractivity contribution in [1.82, 2.24) is 0 Å². The summed E-state index contributed by atoms with van der Waals surface area (Å²) in [6, 6.07) is 0. The van der Waals surface area contributed by atoms with Crippen molar-refractivity contribution in [3.8, 4) is 0 Å². The summed E-state index contributed by atoms with van der Waals surface area (Å²) in [5.74, 6) is -2.68. The van der Waals surface area contributed by atoms with Crippen LogP contribution in [0.15, 0.2) is 0 Å². The summed E-state index contributed by atoms with van der Waals surface area (Å²) >= 11 is 0. The standard InChI is InChI=1S/C10H18O2.C2HF3O2/c1-3-4-5-6-7-10(12)8-9(2)11;3-2(4,5)1(6)7/h3-8H2,1-2H3;(H,6,7). The van der Waals surface area contributed by atoms with Gasteiger partial charge in [0.25, 0.3) is 0 Å². The van der Waals surface area contributed by atoms with E-state index in [0.29, 0.717) is 6.42 Å². The Balaban J connectivity index is 0. The number of unbranched alkanes of at least 4 members (excludes halogenated alkanes) is 3. The molecule has 19 heavy (non-hydrogen) atoms. The average Bonchev–Trinajstić information content (AvgIpc) is 2.23. The van der Waals surface area contributed by atoms with Crippen LogP contribution in [0.25, 0.3) is 0 Å². The largest absolute Gasteiger partial charge is 0.490 e. The minimum absolute atomic E-state index is 0.0181. The molecular formula is C12H19F3O4. The first-order chi connectivity index (χ1) is 8.61. The molecule has 0 aromatic rings. The maximum absolute atomic E-state index is 11.0. The quantitative estimate of drug-likeness (QED) is 0.576. The van der Waals surface area contributed by atoms with Crippen LogP contribution in [0.3, 0.4) is 0 Å². The Labute approximate surface area is 110 Å². The fourth-order valence-electron chi connectivity index (χ4n) is 1.11. The van der Waals surface area contributed by atoms with Crippen molar-refractivity contribution in [2.24, 2.45) is 0 Å². The van der Waals surface area contributed by atoms with Crippen LogP contribution in [-0.4, -0.2) is 28.8 Å². The first kappa shape index (κ1) is 19.9. The number of alkyl halides is 3. The van der Waals surface area contributed by atoms with Gasteiger partial charge < -0.3 is 5.11 Å². The molecule has 0 unspecified atom stereocenters. The molecule has 4 nitrogen and oxygen atoms in total. The van der Waals surface area contributed by atoms with E-state index in [-0.39, 0.29) is 18.0 Å². The summed E-state index contributed by atoms with van der Waals surface area (Å²) < 4.78 is 31.7. The Morgan fingerprint density at radius 1 is 1.05 bits per heavy atom. The molecule has 0 aromatic heterocycles. The molecule has 0 atom stereocenters. The summed E-state index contributed by atoms with van der Waals surface area (Å²) in [6.07, 6.45) is 0.0556. The van der Waals surface area contributed by atoms with E-state index >= 15 is 0 Å². The Bertz CT molecular complexity index is 298. The Morgan fingerprint density at radius 2 is 1.53 bits per heavy atom. The third-order valence-corrected chi connectivity index (χ3v) is 2.00. The highest BCUT2D eigenvalue weighted by atomic mass is 19.4. The first-order valence-corrected chi connectivity index (χ1v) is 5.92. The predicted octanol–water partition coefficient (Wildman–Crippen LogP) is 3.14. The van der Waals surface area contributed by atoms with Crippen molar-refractivity contribution < 1.29 is 32.7 Å². The molecule has 0 amide bonds. The fourth-order valence-corrected chi connectivity index (χ4v) is 1.11. The Morgan fingerprint density at radius 3 is 1.84 bits per heavy atom. The second kappa shape index (κ2) is 10.5. The molecule has 0 aliphatic carbocycles. The van der Waals surface area contributed by atoms with Gasteiger partial charge in [-0.3, -0.25) is 9.59 Å². The van der Waals surface area contributed by atoms with Gasteiger partial charge >= 0.3 is 12.1 Å². The molecule has 0 rings (SSSR count). The van der Waals surface area contributed by atoms with Gasteiger partial charge in [-0.1, -0.05) is 26.2 Å². The zero-order valence-corrected chi connectivity index (χ0v) is 11.0. The van der Waals surface area contributed by atoms with E-state index in [1.165, 1.54) is 19.8 Å². The highest BCUT2D eigenvalue weighted by molar-refractivity contribution is 5.97. The van der Waals surface area contributed by atoms with Crippen LogP contribution in [0, 0.1) is 0 Å². The normalized spacial score (nSPS) is 10.4. The van der Waals surface area contributed by atoms with Crippen molar-refractivity contribution in [2.75, 3.05) is 0 Å². The number of carbonyl (C=O) groups excluding carboxylic acids is 2. The van der Waals surface area contributed by atoms with Gasteiger partial charge in [0.15, 0.2) is 0 Å². The van der Waals surface area contributed by atoms with Crippen LogP contribution in [0.1, 0.15) is 52.4 Å². The number of ketones is 2. The minimum atomic E-state index is -5.08. The maximum Gasteiger partial charge on any atom is 0.490 e. The molecule has 0 saturated heterocycles. The molecule has 0 aliphatic rings. The Hall–Kier alpha value is -1.40. The lowest BCUT2D eigenvalue weighted by molar-refractivity contribution is -0.192. The second-order valence-corrected chi connectivity index (χ2v) is 4.03. The molecule has 0 saturated carbocycles. The zero-order valence-electron chi connectivity index (χ0n) is 11.0. The SMILES string of the molecule is CCCCCCC(=O)CC(C)=O.O=C(O)C(F)(F)F. The number of hydrogen-bond donors (Lipinski definition) is 1. The van der Waals surface area contributed by atoms with Gasteiger partial charge in [0, 0.05) is 6.42 Å². The van der Waals surface area contributed by atoms with Crippen molar-refractivity contribution in [2.45, 2.75) is 58.5 Å². The molecule has 0 aromatic carbocycles. The number of aliphatic carboxylic acids is 1. The van der Waals surface area contributed by atoms with Crippen molar-refractivity contribution in [1.29, 1.82) is 0 Å². The van der Waals surface area contributed by atoms with Crippen LogP contribution in [0.2, 0.25) is 0 Å². The monoisotopic (exact) mass is 284 g/mol. The smallest absolute Gasteiger partial charge is 0.475 e. The van der Waals surface area contributed by atoms with Crippen LogP contribution in [-0.2, 0) is 14.4 Å². The highest BCUT2D eigenvalue weighted by Crippen LogP contribution is 2.13. The first-order valence-electron chi connectivity index (χ1n) is 5.92. The summed E-state index contributed by atoms with van der Waals surface area (Å²) in [4.78, 5) is 30.4. The summed E-state index contributed by atoms with van der Waals surface area (Å²) in [7, 11) is 0. The van der Waals surface area contributed by atoms with Crippen molar-refractivity contribution >= 4 is 17.5 Å². The lowest BCUT2D eigenvalue weighted by Crippen LogP contribution is -2.21. The number of carboxylic acids is 1. The summed E-state index contributed by atoms with van der Waals surface area (Å²) in [5.41, 5.74) is 0. The van der Waals surface area contributed by atoms with E-state index in [1.807, 2.05) is 0 Å². The van der Waals surface area contributed by atoms with E-state index in [2.05, 4.69) is 6.92 Å². The third kappa shape index (κ3) is 16.6. The van der Waals surface area contributed by atoms with Gasteiger partial charge in [-0.05, 0) is 13.3 Å². The van der Waals surface area contributed by atoms with Crippen molar-refractivity contribution in [3.63, 3.8) is 0 Å². The van der Waals surface area contributed by atoms with E-state index in [9.17, 15) is 22.8 Å². The fraction of sp³-hybridized carbons (Fsp3) is 0.750. The molecule has 0 bridgehead atoms. The van der Waals surface area contributed by atoms with Crippen molar-refractivity contribution in [3.05, 3.63) is 0 Å². The van der Waals surface area contributed by atoms with Gasteiger partial charge in [0.1, 0.15) is 11.6 Å². The number of rotatable bonds is 7. The Kier molecular flexibility index (Phi) is 11.0. The minimum Gasteiger partial charge on any atom is -0.475 e. The predicted molar refractivity (Wildman–Crippen MR) is 62.8 cm³/mol. The van der Waals surface area contributed by atoms with Crippen LogP contribution < -0.4 is 0 Å². The molecule has 7 heteroatoms. The lowest BCUT2D eigenvalue weighted by Gasteiger charge is -1.97. The number of carboxylic acid groups (broad SMARTS) is 1. The average molecular weight is 284 g/mol. The number of carbonyl (C=O) groups is 3. The zero-order chi connectivity index (χ0) is 15.5.